The third kappa shape index (κ3) is 4.54. The van der Waals surface area contributed by atoms with Gasteiger partial charge in [-0.3, -0.25) is 10.1 Å². The fraction of sp³-hybridized carbons (Fsp3) is 0.200. The van der Waals surface area contributed by atoms with Crippen molar-refractivity contribution in [2.75, 3.05) is 6.61 Å². The fourth-order valence-corrected chi connectivity index (χ4v) is 3.04. The lowest BCUT2D eigenvalue weighted by molar-refractivity contribution is -0.384. The Balaban J connectivity index is 1.90. The number of halogens is 2. The van der Waals surface area contributed by atoms with Gasteiger partial charge >= 0.3 is 0 Å². The van der Waals surface area contributed by atoms with Crippen molar-refractivity contribution in [3.05, 3.63) is 68.2 Å². The summed E-state index contributed by atoms with van der Waals surface area (Å²) in [6, 6.07) is 12.4. The topological polar surface area (TPSA) is 52.4 Å². The number of hydrogen-bond donors (Lipinski definition) is 0. The molecule has 2 rings (SSSR count). The van der Waals surface area contributed by atoms with Crippen LogP contribution < -0.4 is 4.74 Å². The lowest BCUT2D eigenvalue weighted by Gasteiger charge is -2.08. The second-order valence-corrected chi connectivity index (χ2v) is 5.82. The lowest BCUT2D eigenvalue weighted by atomic mass is 10.1. The maximum absolute atomic E-state index is 10.6. The molecule has 0 amide bonds. The van der Waals surface area contributed by atoms with E-state index in [0.29, 0.717) is 13.0 Å². The van der Waals surface area contributed by atoms with Crippen molar-refractivity contribution in [2.45, 2.75) is 11.8 Å². The van der Waals surface area contributed by atoms with Crippen LogP contribution in [0.5, 0.6) is 5.75 Å². The highest BCUT2D eigenvalue weighted by molar-refractivity contribution is 9.10. The van der Waals surface area contributed by atoms with Gasteiger partial charge < -0.3 is 4.74 Å². The predicted molar refractivity (Wildman–Crippen MR) is 89.1 cm³/mol. The molecule has 0 heterocycles. The molecule has 110 valence electrons. The minimum atomic E-state index is -0.399. The van der Waals surface area contributed by atoms with Crippen LogP contribution in [-0.4, -0.2) is 11.5 Å². The molecule has 21 heavy (non-hydrogen) atoms. The molecule has 0 fully saturated rings. The van der Waals surface area contributed by atoms with Crippen LogP contribution in [0.15, 0.2) is 46.9 Å². The van der Waals surface area contributed by atoms with E-state index in [9.17, 15) is 10.1 Å². The fourth-order valence-electron chi connectivity index (χ4n) is 1.81. The maximum atomic E-state index is 10.6. The third-order valence-corrected chi connectivity index (χ3v) is 4.35. The van der Waals surface area contributed by atoms with E-state index in [0.717, 1.165) is 26.7 Å². The smallest absolute Gasteiger partial charge is 0.269 e. The molecule has 0 aliphatic rings. The van der Waals surface area contributed by atoms with E-state index < -0.39 is 4.92 Å². The highest BCUT2D eigenvalue weighted by Crippen LogP contribution is 2.24. The molecule has 0 bridgehead atoms. The molecule has 6 heteroatoms. The summed E-state index contributed by atoms with van der Waals surface area (Å²) < 4.78 is 6.75. The Morgan fingerprint density at radius 1 is 1.14 bits per heavy atom. The van der Waals surface area contributed by atoms with Crippen molar-refractivity contribution < 1.29 is 9.66 Å². The van der Waals surface area contributed by atoms with E-state index >= 15 is 0 Å². The van der Waals surface area contributed by atoms with Crippen molar-refractivity contribution in [1.29, 1.82) is 0 Å². The first-order valence-corrected chi connectivity index (χ1v) is 8.22. The number of nitrogens with zero attached hydrogens (tertiary/aromatic N) is 1. The summed E-state index contributed by atoms with van der Waals surface area (Å²) in [4.78, 5) is 10.2. The Morgan fingerprint density at radius 2 is 1.86 bits per heavy atom. The first kappa shape index (κ1) is 16.0. The quantitative estimate of drug-likeness (QED) is 0.384. The van der Waals surface area contributed by atoms with Crippen molar-refractivity contribution in [2.24, 2.45) is 0 Å². The number of rotatable bonds is 6. The van der Waals surface area contributed by atoms with Gasteiger partial charge in [0.15, 0.2) is 0 Å². The van der Waals surface area contributed by atoms with Gasteiger partial charge in [-0.25, -0.2) is 0 Å². The zero-order valence-electron chi connectivity index (χ0n) is 11.1. The maximum Gasteiger partial charge on any atom is 0.269 e. The molecule has 0 radical (unpaired) electrons. The third-order valence-electron chi connectivity index (χ3n) is 2.97. The van der Waals surface area contributed by atoms with Gasteiger partial charge in [-0.2, -0.15) is 0 Å². The standard InChI is InChI=1S/C15H13Br2NO3/c16-10-12-9-14(5-6-15(12)17)21-8-7-11-1-3-13(4-2-11)18(19)20/h1-6,9H,7-8,10H2. The van der Waals surface area contributed by atoms with Crippen molar-refractivity contribution in [3.63, 3.8) is 0 Å². The summed E-state index contributed by atoms with van der Waals surface area (Å²) in [5.74, 6) is 0.814. The second kappa shape index (κ2) is 7.56. The highest BCUT2D eigenvalue weighted by Gasteiger charge is 2.05. The van der Waals surface area contributed by atoms with Crippen LogP contribution in [0.2, 0.25) is 0 Å². The zero-order chi connectivity index (χ0) is 15.2. The largest absolute Gasteiger partial charge is 0.493 e. The van der Waals surface area contributed by atoms with Crippen LogP contribution in [0, 0.1) is 10.1 Å². The molecule has 0 N–H and O–H groups in total. The number of hydrogen-bond acceptors (Lipinski definition) is 3. The van der Waals surface area contributed by atoms with Gasteiger partial charge in [0.05, 0.1) is 11.5 Å². The zero-order valence-corrected chi connectivity index (χ0v) is 14.3. The Kier molecular flexibility index (Phi) is 5.76. The Labute approximate surface area is 139 Å². The molecule has 0 unspecified atom stereocenters. The first-order valence-electron chi connectivity index (χ1n) is 6.30. The molecule has 4 nitrogen and oxygen atoms in total. The average molecular weight is 415 g/mol. The minimum Gasteiger partial charge on any atom is -0.493 e. The van der Waals surface area contributed by atoms with Crippen LogP contribution in [0.1, 0.15) is 11.1 Å². The highest BCUT2D eigenvalue weighted by atomic mass is 79.9. The summed E-state index contributed by atoms with van der Waals surface area (Å²) in [5, 5.41) is 11.3. The first-order chi connectivity index (χ1) is 10.1. The minimum absolute atomic E-state index is 0.106. The van der Waals surface area contributed by atoms with E-state index in [1.165, 1.54) is 12.1 Å². The summed E-state index contributed by atoms with van der Waals surface area (Å²) in [6.07, 6.45) is 0.706. The number of alkyl halides is 1. The number of nitro benzene ring substituents is 1. The molecule has 0 atom stereocenters. The Bertz CT molecular complexity index is 629. The molecular formula is C15H13Br2NO3. The molecule has 2 aromatic rings. The molecule has 0 spiro atoms. The number of nitro groups is 1. The normalized spacial score (nSPS) is 10.4. The van der Waals surface area contributed by atoms with Gasteiger partial charge in [0.25, 0.3) is 5.69 Å². The van der Waals surface area contributed by atoms with E-state index in [1.54, 1.807) is 12.1 Å². The molecular weight excluding hydrogens is 402 g/mol. The molecule has 0 aliphatic heterocycles. The molecule has 0 saturated heterocycles. The van der Waals surface area contributed by atoms with Crippen molar-refractivity contribution >= 4 is 37.5 Å². The van der Waals surface area contributed by atoms with Gasteiger partial charge in [-0.05, 0) is 29.3 Å². The van der Waals surface area contributed by atoms with E-state index in [4.69, 9.17) is 4.74 Å². The van der Waals surface area contributed by atoms with Gasteiger partial charge in [0.1, 0.15) is 5.75 Å². The number of benzene rings is 2. The molecule has 0 aromatic heterocycles. The van der Waals surface area contributed by atoms with Gasteiger partial charge in [-0.15, -0.1) is 0 Å². The summed E-state index contributed by atoms with van der Waals surface area (Å²) in [5.41, 5.74) is 2.25. The average Bonchev–Trinajstić information content (AvgIpc) is 2.49. The second-order valence-electron chi connectivity index (χ2n) is 4.41. The molecule has 2 aromatic carbocycles. The van der Waals surface area contributed by atoms with E-state index in [2.05, 4.69) is 31.9 Å². The molecule has 0 saturated carbocycles. The monoisotopic (exact) mass is 413 g/mol. The van der Waals surface area contributed by atoms with Crippen LogP contribution in [0.4, 0.5) is 5.69 Å². The van der Waals surface area contributed by atoms with Gasteiger partial charge in [0.2, 0.25) is 0 Å². The predicted octanol–water partition coefficient (Wildman–Crippen LogP) is 4.87. The van der Waals surface area contributed by atoms with E-state index in [-0.39, 0.29) is 5.69 Å². The van der Waals surface area contributed by atoms with Crippen LogP contribution in [0.25, 0.3) is 0 Å². The molecule has 0 aliphatic carbocycles. The van der Waals surface area contributed by atoms with Gasteiger partial charge in [-0.1, -0.05) is 44.0 Å². The Hall–Kier alpha value is -1.40. The SMILES string of the molecule is O=[N+]([O-])c1ccc(CCOc2ccc(Br)c(CBr)c2)cc1. The number of ether oxygens (including phenoxy) is 1. The van der Waals surface area contributed by atoms with Crippen molar-refractivity contribution in [1.82, 2.24) is 0 Å². The van der Waals surface area contributed by atoms with Crippen LogP contribution >= 0.6 is 31.9 Å². The van der Waals surface area contributed by atoms with Crippen molar-refractivity contribution in [3.8, 4) is 5.75 Å². The Morgan fingerprint density at radius 3 is 2.48 bits per heavy atom. The van der Waals surface area contributed by atoms with Crippen LogP contribution in [-0.2, 0) is 11.8 Å². The lowest BCUT2D eigenvalue weighted by Crippen LogP contribution is -2.02. The van der Waals surface area contributed by atoms with Crippen LogP contribution in [0.3, 0.4) is 0 Å². The summed E-state index contributed by atoms with van der Waals surface area (Å²) in [6.45, 7) is 0.529. The van der Waals surface area contributed by atoms with Gasteiger partial charge in [0, 0.05) is 28.4 Å². The number of non-ortho nitro benzene ring substituents is 1. The summed E-state index contributed by atoms with van der Waals surface area (Å²) >= 11 is 6.90. The summed E-state index contributed by atoms with van der Waals surface area (Å²) in [7, 11) is 0. The van der Waals surface area contributed by atoms with E-state index in [1.807, 2.05) is 18.2 Å².